The Balaban J connectivity index is 2.92. The molecule has 0 aliphatic carbocycles. The third-order valence-corrected chi connectivity index (χ3v) is 2.83. The molecule has 1 aromatic rings. The number of aryl methyl sites for hydroxylation is 1. The first-order valence-electron chi connectivity index (χ1n) is 5.92. The molecule has 17 heavy (non-hydrogen) atoms. The Morgan fingerprint density at radius 1 is 1.53 bits per heavy atom. The lowest BCUT2D eigenvalue weighted by molar-refractivity contribution is 0.181. The lowest BCUT2D eigenvalue weighted by Crippen LogP contribution is -2.37. The van der Waals surface area contributed by atoms with E-state index in [0.29, 0.717) is 13.2 Å². The Kier molecular flexibility index (Phi) is 5.31. The van der Waals surface area contributed by atoms with Crippen molar-refractivity contribution in [1.82, 2.24) is 9.97 Å². The van der Waals surface area contributed by atoms with E-state index in [1.54, 1.807) is 13.3 Å². The number of likely N-dealkylation sites (N-methyl/N-ethyl adjacent to an activating group) is 1. The highest BCUT2D eigenvalue weighted by atomic mass is 16.5. The molecular formula is C12H22N4O. The number of hydrogen-bond acceptors (Lipinski definition) is 5. The monoisotopic (exact) mass is 238 g/mol. The Morgan fingerprint density at radius 3 is 2.71 bits per heavy atom. The first-order chi connectivity index (χ1) is 8.13. The number of aromatic nitrogens is 2. The maximum atomic E-state index is 5.60. The highest BCUT2D eigenvalue weighted by molar-refractivity contribution is 5.34. The standard InChI is InChI=1S/C12H22N4O/c1-5-16(9(2)8-17-4)12-14-7-11(6-13)10(3)15-12/h7,9H,5-6,8,13H2,1-4H3. The molecule has 0 aromatic carbocycles. The number of hydrogen-bond donors (Lipinski definition) is 1. The summed E-state index contributed by atoms with van der Waals surface area (Å²) in [7, 11) is 1.70. The number of ether oxygens (including phenoxy) is 1. The van der Waals surface area contributed by atoms with E-state index >= 15 is 0 Å². The fourth-order valence-electron chi connectivity index (χ4n) is 1.80. The zero-order valence-electron chi connectivity index (χ0n) is 11.1. The minimum Gasteiger partial charge on any atom is -0.383 e. The molecule has 1 atom stereocenters. The van der Waals surface area contributed by atoms with Gasteiger partial charge in [0.1, 0.15) is 0 Å². The van der Waals surface area contributed by atoms with Gasteiger partial charge < -0.3 is 15.4 Å². The van der Waals surface area contributed by atoms with Crippen molar-refractivity contribution < 1.29 is 4.74 Å². The number of methoxy groups -OCH3 is 1. The predicted molar refractivity (Wildman–Crippen MR) is 69.0 cm³/mol. The largest absolute Gasteiger partial charge is 0.383 e. The molecule has 0 saturated heterocycles. The van der Waals surface area contributed by atoms with E-state index in [4.69, 9.17) is 10.5 Å². The summed E-state index contributed by atoms with van der Waals surface area (Å²) in [5, 5.41) is 0. The maximum Gasteiger partial charge on any atom is 0.225 e. The van der Waals surface area contributed by atoms with Crippen LogP contribution in [0.3, 0.4) is 0 Å². The third-order valence-electron chi connectivity index (χ3n) is 2.83. The molecule has 0 radical (unpaired) electrons. The lowest BCUT2D eigenvalue weighted by Gasteiger charge is -2.27. The van der Waals surface area contributed by atoms with Crippen LogP contribution in [0.25, 0.3) is 0 Å². The quantitative estimate of drug-likeness (QED) is 0.804. The van der Waals surface area contributed by atoms with E-state index in [-0.39, 0.29) is 6.04 Å². The summed E-state index contributed by atoms with van der Waals surface area (Å²) in [6, 6.07) is 0.258. The van der Waals surface area contributed by atoms with Crippen molar-refractivity contribution in [3.8, 4) is 0 Å². The first kappa shape index (κ1) is 13.9. The van der Waals surface area contributed by atoms with Crippen LogP contribution in [-0.2, 0) is 11.3 Å². The smallest absolute Gasteiger partial charge is 0.225 e. The topological polar surface area (TPSA) is 64.3 Å². The number of anilines is 1. The van der Waals surface area contributed by atoms with Crippen molar-refractivity contribution in [2.24, 2.45) is 5.73 Å². The van der Waals surface area contributed by atoms with Gasteiger partial charge in [-0.1, -0.05) is 0 Å². The molecular weight excluding hydrogens is 216 g/mol. The highest BCUT2D eigenvalue weighted by Gasteiger charge is 2.15. The molecule has 0 spiro atoms. The van der Waals surface area contributed by atoms with Gasteiger partial charge in [0.2, 0.25) is 5.95 Å². The third kappa shape index (κ3) is 3.38. The zero-order chi connectivity index (χ0) is 12.8. The van der Waals surface area contributed by atoms with Crippen LogP contribution in [0.4, 0.5) is 5.95 Å². The van der Waals surface area contributed by atoms with Crippen LogP contribution in [0.5, 0.6) is 0 Å². The molecule has 5 nitrogen and oxygen atoms in total. The van der Waals surface area contributed by atoms with Gasteiger partial charge in [-0.25, -0.2) is 9.97 Å². The van der Waals surface area contributed by atoms with Gasteiger partial charge in [0.15, 0.2) is 0 Å². The van der Waals surface area contributed by atoms with Gasteiger partial charge in [-0.15, -0.1) is 0 Å². The average Bonchev–Trinajstić information content (AvgIpc) is 2.30. The fraction of sp³-hybridized carbons (Fsp3) is 0.667. The van der Waals surface area contributed by atoms with Gasteiger partial charge in [-0.2, -0.15) is 0 Å². The molecule has 5 heteroatoms. The van der Waals surface area contributed by atoms with Crippen LogP contribution in [-0.4, -0.2) is 36.3 Å². The summed E-state index contributed by atoms with van der Waals surface area (Å²) >= 11 is 0. The van der Waals surface area contributed by atoms with E-state index in [1.165, 1.54) is 0 Å². The van der Waals surface area contributed by atoms with Gasteiger partial charge in [-0.3, -0.25) is 0 Å². The van der Waals surface area contributed by atoms with Crippen LogP contribution in [0, 0.1) is 6.92 Å². The second-order valence-corrected chi connectivity index (χ2v) is 4.08. The van der Waals surface area contributed by atoms with Crippen LogP contribution in [0.2, 0.25) is 0 Å². The van der Waals surface area contributed by atoms with Crippen LogP contribution >= 0.6 is 0 Å². The van der Waals surface area contributed by atoms with E-state index < -0.39 is 0 Å². The van der Waals surface area contributed by atoms with Crippen molar-refractivity contribution in [3.63, 3.8) is 0 Å². The summed E-state index contributed by atoms with van der Waals surface area (Å²) in [5.41, 5.74) is 7.54. The minimum absolute atomic E-state index is 0.258. The Labute approximate surface area is 103 Å². The summed E-state index contributed by atoms with van der Waals surface area (Å²) < 4.78 is 5.17. The van der Waals surface area contributed by atoms with Gasteiger partial charge in [0.05, 0.1) is 12.6 Å². The van der Waals surface area contributed by atoms with E-state index in [9.17, 15) is 0 Å². The molecule has 0 bridgehead atoms. The van der Waals surface area contributed by atoms with Crippen molar-refractivity contribution >= 4 is 5.95 Å². The summed E-state index contributed by atoms with van der Waals surface area (Å²) in [4.78, 5) is 11.0. The van der Waals surface area contributed by atoms with Crippen LogP contribution in [0.15, 0.2) is 6.20 Å². The van der Waals surface area contributed by atoms with E-state index in [2.05, 4.69) is 28.7 Å². The van der Waals surface area contributed by atoms with Gasteiger partial charge in [-0.05, 0) is 20.8 Å². The van der Waals surface area contributed by atoms with Crippen molar-refractivity contribution in [2.75, 3.05) is 25.2 Å². The van der Waals surface area contributed by atoms with Crippen LogP contribution < -0.4 is 10.6 Å². The number of nitrogens with zero attached hydrogens (tertiary/aromatic N) is 3. The second-order valence-electron chi connectivity index (χ2n) is 4.08. The van der Waals surface area contributed by atoms with Crippen molar-refractivity contribution in [3.05, 3.63) is 17.5 Å². The van der Waals surface area contributed by atoms with Gasteiger partial charge >= 0.3 is 0 Å². The summed E-state index contributed by atoms with van der Waals surface area (Å²) in [5.74, 6) is 0.742. The highest BCUT2D eigenvalue weighted by Crippen LogP contribution is 2.13. The van der Waals surface area contributed by atoms with E-state index in [0.717, 1.165) is 23.8 Å². The van der Waals surface area contributed by atoms with Crippen molar-refractivity contribution in [1.29, 1.82) is 0 Å². The summed E-state index contributed by atoms with van der Waals surface area (Å²) in [6.45, 7) is 8.14. The first-order valence-corrected chi connectivity index (χ1v) is 5.92. The Morgan fingerprint density at radius 2 is 2.24 bits per heavy atom. The number of rotatable bonds is 6. The van der Waals surface area contributed by atoms with Crippen molar-refractivity contribution in [2.45, 2.75) is 33.4 Å². The van der Waals surface area contributed by atoms with Crippen LogP contribution in [0.1, 0.15) is 25.1 Å². The normalized spacial score (nSPS) is 12.5. The molecule has 1 rings (SSSR count). The molecule has 1 unspecified atom stereocenters. The maximum absolute atomic E-state index is 5.60. The number of nitrogens with two attached hydrogens (primary N) is 1. The van der Waals surface area contributed by atoms with Gasteiger partial charge in [0, 0.05) is 37.7 Å². The molecule has 2 N–H and O–H groups in total. The summed E-state index contributed by atoms with van der Waals surface area (Å²) in [6.07, 6.45) is 1.81. The lowest BCUT2D eigenvalue weighted by atomic mass is 10.2. The minimum atomic E-state index is 0.258. The predicted octanol–water partition coefficient (Wildman–Crippen LogP) is 1.10. The average molecular weight is 238 g/mol. The zero-order valence-corrected chi connectivity index (χ0v) is 11.1. The fourth-order valence-corrected chi connectivity index (χ4v) is 1.80. The Bertz CT molecular complexity index is 356. The molecule has 0 fully saturated rings. The molecule has 1 aromatic heterocycles. The SMILES string of the molecule is CCN(c1ncc(CN)c(C)n1)C(C)COC. The molecule has 96 valence electrons. The Hall–Kier alpha value is -1.20. The van der Waals surface area contributed by atoms with Gasteiger partial charge in [0.25, 0.3) is 0 Å². The molecule has 1 heterocycles. The molecule has 0 amide bonds. The molecule has 0 aliphatic heterocycles. The molecule has 0 aliphatic rings. The molecule has 0 saturated carbocycles. The second kappa shape index (κ2) is 6.51. The van der Waals surface area contributed by atoms with E-state index in [1.807, 2.05) is 6.92 Å².